The Morgan fingerprint density at radius 3 is 2.72 bits per heavy atom. The lowest BCUT2D eigenvalue weighted by Crippen LogP contribution is -2.27. The van der Waals surface area contributed by atoms with Crippen molar-refractivity contribution < 1.29 is 13.9 Å². The van der Waals surface area contributed by atoms with Crippen molar-refractivity contribution in [2.24, 2.45) is 0 Å². The number of ether oxygens (including phenoxy) is 1. The Hall–Kier alpha value is -3.54. The number of aromatic nitrogens is 2. The van der Waals surface area contributed by atoms with Crippen LogP contribution in [-0.2, 0) is 13.1 Å². The van der Waals surface area contributed by atoms with Gasteiger partial charge in [0.15, 0.2) is 5.76 Å². The molecule has 0 aliphatic carbocycles. The van der Waals surface area contributed by atoms with E-state index in [4.69, 9.17) is 14.1 Å². The summed E-state index contributed by atoms with van der Waals surface area (Å²) in [6.07, 6.45) is 3.39. The second-order valence-electron chi connectivity index (χ2n) is 8.13. The molecule has 32 heavy (non-hydrogen) atoms. The summed E-state index contributed by atoms with van der Waals surface area (Å²) in [6, 6.07) is 17.7. The highest BCUT2D eigenvalue weighted by Gasteiger charge is 2.18. The standard InChI is InChI=1S/C26H29N3O3/c1-19-12-13-23(20(2)17-19)31-15-7-6-14-29-22-10-5-4-9-21(22)27-25(29)18-28(3)26(30)24-11-8-16-32-24/h4-5,8-13,16-17H,6-7,14-15,18H2,1-3H3. The SMILES string of the molecule is Cc1ccc(OCCCCn2c(CN(C)C(=O)c3ccco3)nc3ccccc32)c(C)c1. The number of furan rings is 1. The first-order chi connectivity index (χ1) is 15.5. The van der Waals surface area contributed by atoms with Crippen LogP contribution in [0.25, 0.3) is 11.0 Å². The molecule has 0 aliphatic rings. The van der Waals surface area contributed by atoms with Gasteiger partial charge in [-0.05, 0) is 62.6 Å². The summed E-state index contributed by atoms with van der Waals surface area (Å²) < 4.78 is 13.4. The molecule has 0 bridgehead atoms. The first-order valence-corrected chi connectivity index (χ1v) is 11.0. The summed E-state index contributed by atoms with van der Waals surface area (Å²) >= 11 is 0. The summed E-state index contributed by atoms with van der Waals surface area (Å²) in [5.74, 6) is 1.99. The van der Waals surface area contributed by atoms with Crippen LogP contribution in [0.4, 0.5) is 0 Å². The van der Waals surface area contributed by atoms with E-state index in [0.717, 1.165) is 47.6 Å². The first kappa shape index (κ1) is 21.7. The van der Waals surface area contributed by atoms with Gasteiger partial charge >= 0.3 is 0 Å². The number of imidazole rings is 1. The van der Waals surface area contributed by atoms with Crippen molar-refractivity contribution in [3.8, 4) is 5.75 Å². The van der Waals surface area contributed by atoms with E-state index in [1.807, 2.05) is 24.3 Å². The number of hydrogen-bond donors (Lipinski definition) is 0. The van der Waals surface area contributed by atoms with Crippen LogP contribution >= 0.6 is 0 Å². The highest BCUT2D eigenvalue weighted by molar-refractivity contribution is 5.91. The van der Waals surface area contributed by atoms with Crippen LogP contribution < -0.4 is 4.74 Å². The largest absolute Gasteiger partial charge is 0.493 e. The van der Waals surface area contributed by atoms with E-state index in [0.29, 0.717) is 18.9 Å². The normalized spacial score (nSPS) is 11.1. The van der Waals surface area contributed by atoms with Gasteiger partial charge in [0, 0.05) is 13.6 Å². The number of hydrogen-bond acceptors (Lipinski definition) is 4. The lowest BCUT2D eigenvalue weighted by Gasteiger charge is -2.17. The van der Waals surface area contributed by atoms with Crippen molar-refractivity contribution in [1.82, 2.24) is 14.5 Å². The number of nitrogens with zero attached hydrogens (tertiary/aromatic N) is 3. The van der Waals surface area contributed by atoms with Crippen LogP contribution in [0.15, 0.2) is 65.3 Å². The van der Waals surface area contributed by atoms with Gasteiger partial charge in [0.2, 0.25) is 0 Å². The Balaban J connectivity index is 1.40. The fourth-order valence-corrected chi connectivity index (χ4v) is 3.88. The van der Waals surface area contributed by atoms with Crippen molar-refractivity contribution >= 4 is 16.9 Å². The molecule has 0 spiro atoms. The van der Waals surface area contributed by atoms with Gasteiger partial charge in [-0.2, -0.15) is 0 Å². The van der Waals surface area contributed by atoms with E-state index >= 15 is 0 Å². The fraction of sp³-hybridized carbons (Fsp3) is 0.308. The molecule has 0 radical (unpaired) electrons. The molecule has 0 saturated heterocycles. The van der Waals surface area contributed by atoms with Gasteiger partial charge in [0.05, 0.1) is 30.4 Å². The van der Waals surface area contributed by atoms with Crippen molar-refractivity contribution in [3.05, 3.63) is 83.6 Å². The Labute approximate surface area is 188 Å². The molecule has 2 heterocycles. The second-order valence-corrected chi connectivity index (χ2v) is 8.13. The third-order valence-electron chi connectivity index (χ3n) is 5.55. The molecule has 0 N–H and O–H groups in total. The molecule has 0 fully saturated rings. The van der Waals surface area contributed by atoms with Crippen molar-refractivity contribution in [3.63, 3.8) is 0 Å². The maximum atomic E-state index is 12.6. The number of aryl methyl sites for hydroxylation is 3. The molecule has 4 rings (SSSR count). The van der Waals surface area contributed by atoms with Gasteiger partial charge in [-0.3, -0.25) is 4.79 Å². The minimum absolute atomic E-state index is 0.157. The van der Waals surface area contributed by atoms with Gasteiger partial charge in [-0.25, -0.2) is 4.98 Å². The maximum absolute atomic E-state index is 12.6. The zero-order valence-electron chi connectivity index (χ0n) is 18.9. The van der Waals surface area contributed by atoms with Crippen LogP contribution in [0.5, 0.6) is 5.75 Å². The van der Waals surface area contributed by atoms with Crippen LogP contribution in [0.1, 0.15) is 40.3 Å². The topological polar surface area (TPSA) is 60.5 Å². The number of unbranched alkanes of at least 4 members (excludes halogenated alkanes) is 1. The lowest BCUT2D eigenvalue weighted by molar-refractivity contribution is 0.0748. The average Bonchev–Trinajstić information content (AvgIpc) is 3.43. The zero-order chi connectivity index (χ0) is 22.5. The van der Waals surface area contributed by atoms with Gasteiger partial charge in [-0.15, -0.1) is 0 Å². The zero-order valence-corrected chi connectivity index (χ0v) is 18.9. The number of para-hydroxylation sites is 2. The predicted molar refractivity (Wildman–Crippen MR) is 125 cm³/mol. The Bertz CT molecular complexity index is 1190. The number of rotatable bonds is 9. The number of carbonyl (C=O) groups excluding carboxylic acids is 1. The summed E-state index contributed by atoms with van der Waals surface area (Å²) in [5, 5.41) is 0. The fourth-order valence-electron chi connectivity index (χ4n) is 3.88. The van der Waals surface area contributed by atoms with Crippen molar-refractivity contribution in [2.45, 2.75) is 39.8 Å². The van der Waals surface area contributed by atoms with E-state index < -0.39 is 0 Å². The molecule has 0 aliphatic heterocycles. The van der Waals surface area contributed by atoms with Crippen LogP contribution in [0, 0.1) is 13.8 Å². The first-order valence-electron chi connectivity index (χ1n) is 11.0. The van der Waals surface area contributed by atoms with E-state index in [9.17, 15) is 4.79 Å². The molecule has 6 heteroatoms. The van der Waals surface area contributed by atoms with Gasteiger partial charge in [0.1, 0.15) is 11.6 Å². The molecular formula is C26H29N3O3. The molecule has 0 saturated carbocycles. The van der Waals surface area contributed by atoms with Gasteiger partial charge in [-0.1, -0.05) is 29.8 Å². The van der Waals surface area contributed by atoms with Crippen LogP contribution in [0.3, 0.4) is 0 Å². The minimum atomic E-state index is -0.157. The molecular weight excluding hydrogens is 402 g/mol. The smallest absolute Gasteiger partial charge is 0.289 e. The third-order valence-corrected chi connectivity index (χ3v) is 5.55. The highest BCUT2D eigenvalue weighted by Crippen LogP contribution is 2.21. The quantitative estimate of drug-likeness (QED) is 0.334. The Kier molecular flexibility index (Phi) is 6.59. The third kappa shape index (κ3) is 4.85. The van der Waals surface area contributed by atoms with Crippen LogP contribution in [0.2, 0.25) is 0 Å². The summed E-state index contributed by atoms with van der Waals surface area (Å²) in [5.41, 5.74) is 4.42. The monoisotopic (exact) mass is 431 g/mol. The summed E-state index contributed by atoms with van der Waals surface area (Å²) in [6.45, 7) is 6.06. The number of fused-ring (bicyclic) bond motifs is 1. The van der Waals surface area contributed by atoms with E-state index in [1.165, 1.54) is 11.8 Å². The molecule has 1 amide bonds. The molecule has 6 nitrogen and oxygen atoms in total. The molecule has 2 aromatic carbocycles. The van der Waals surface area contributed by atoms with E-state index in [2.05, 4.69) is 36.6 Å². The predicted octanol–water partition coefficient (Wildman–Crippen LogP) is 5.38. The van der Waals surface area contributed by atoms with E-state index in [-0.39, 0.29) is 5.91 Å². The van der Waals surface area contributed by atoms with Crippen molar-refractivity contribution in [1.29, 1.82) is 0 Å². The molecule has 4 aromatic rings. The number of amides is 1. The molecule has 0 unspecified atom stereocenters. The number of carbonyl (C=O) groups is 1. The summed E-state index contributed by atoms with van der Waals surface area (Å²) in [7, 11) is 1.77. The molecule has 166 valence electrons. The van der Waals surface area contributed by atoms with Crippen LogP contribution in [-0.4, -0.2) is 34.0 Å². The molecule has 0 atom stereocenters. The van der Waals surface area contributed by atoms with Crippen molar-refractivity contribution in [2.75, 3.05) is 13.7 Å². The Morgan fingerprint density at radius 2 is 1.94 bits per heavy atom. The number of benzene rings is 2. The average molecular weight is 432 g/mol. The van der Waals surface area contributed by atoms with E-state index in [1.54, 1.807) is 24.1 Å². The summed E-state index contributed by atoms with van der Waals surface area (Å²) in [4.78, 5) is 19.0. The second kappa shape index (κ2) is 9.73. The maximum Gasteiger partial charge on any atom is 0.289 e. The lowest BCUT2D eigenvalue weighted by atomic mass is 10.1. The Morgan fingerprint density at radius 1 is 1.09 bits per heavy atom. The highest BCUT2D eigenvalue weighted by atomic mass is 16.5. The minimum Gasteiger partial charge on any atom is -0.493 e. The van der Waals surface area contributed by atoms with Gasteiger partial charge < -0.3 is 18.6 Å². The molecule has 2 aromatic heterocycles. The van der Waals surface area contributed by atoms with Gasteiger partial charge in [0.25, 0.3) is 5.91 Å².